The van der Waals surface area contributed by atoms with E-state index in [1.165, 1.54) is 24.0 Å². The van der Waals surface area contributed by atoms with Crippen LogP contribution in [0, 0.1) is 11.0 Å². The molecule has 0 aromatic heterocycles. The summed E-state index contributed by atoms with van der Waals surface area (Å²) in [6, 6.07) is 6.21. The fourth-order valence-corrected chi connectivity index (χ4v) is 3.57. The highest BCUT2D eigenvalue weighted by atomic mass is 32.2. The van der Waals surface area contributed by atoms with Gasteiger partial charge in [-0.15, -0.1) is 0 Å². The van der Waals surface area contributed by atoms with E-state index in [0.29, 0.717) is 4.32 Å². The van der Waals surface area contributed by atoms with Crippen LogP contribution in [0.1, 0.15) is 19.4 Å². The Kier molecular flexibility index (Phi) is 3.82. The molecule has 0 saturated carbocycles. The quantitative estimate of drug-likeness (QED) is 0.276. The van der Waals surface area contributed by atoms with E-state index < -0.39 is 11.4 Å². The van der Waals surface area contributed by atoms with E-state index in [0.717, 1.165) is 4.74 Å². The molecule has 0 spiro atoms. The molecule has 3 nitrogen and oxygen atoms in total. The Morgan fingerprint density at radius 3 is 2.63 bits per heavy atom. The number of halogens is 1. The minimum absolute atomic E-state index is 0.286. The van der Waals surface area contributed by atoms with Crippen LogP contribution in [0.2, 0.25) is 0 Å². The van der Waals surface area contributed by atoms with E-state index in [-0.39, 0.29) is 10.9 Å². The molecule has 1 aromatic carbocycles. The summed E-state index contributed by atoms with van der Waals surface area (Å²) >= 11 is 6.54. The van der Waals surface area contributed by atoms with Crippen LogP contribution in [0.4, 0.5) is 4.39 Å². The molecular weight excluding hydrogens is 283 g/mol. The zero-order valence-corrected chi connectivity index (χ0v) is 12.6. The van der Waals surface area contributed by atoms with Crippen LogP contribution in [0.15, 0.2) is 24.3 Å². The molecule has 1 atom stereocenters. The van der Waals surface area contributed by atoms with Gasteiger partial charge in [0.15, 0.2) is 6.21 Å². The van der Waals surface area contributed by atoms with Crippen molar-refractivity contribution < 1.29 is 9.13 Å². The second kappa shape index (κ2) is 5.09. The summed E-state index contributed by atoms with van der Waals surface area (Å²) in [6.45, 7) is 3.90. The Morgan fingerprint density at radius 2 is 2.11 bits per heavy atom. The predicted molar refractivity (Wildman–Crippen MR) is 81.0 cm³/mol. The molecule has 0 bridgehead atoms. The highest BCUT2D eigenvalue weighted by Crippen LogP contribution is 2.38. The lowest BCUT2D eigenvalue weighted by Gasteiger charge is -2.30. The average Bonchev–Trinajstić information content (AvgIpc) is 2.56. The molecule has 1 fully saturated rings. The Balaban J connectivity index is 2.33. The van der Waals surface area contributed by atoms with Gasteiger partial charge in [-0.25, -0.2) is 4.39 Å². The van der Waals surface area contributed by atoms with Gasteiger partial charge in [0, 0.05) is 7.05 Å². The van der Waals surface area contributed by atoms with Crippen LogP contribution in [0.25, 0.3) is 0 Å². The number of likely N-dealkylation sites (N-methyl/N-ethyl adjacent to an activating group) is 1. The molecule has 0 unspecified atom stereocenters. The van der Waals surface area contributed by atoms with Crippen LogP contribution < -0.4 is 0 Å². The fourth-order valence-electron chi connectivity index (χ4n) is 1.87. The minimum Gasteiger partial charge on any atom is -0.623 e. The standard InChI is InChI=1S/C13H15FN2OS2/c1-13(2)11(19-12(18)15(13)3)16(17)8-9-6-4-5-7-10(9)14/h4-8,11H,1-3H3/t11-/m1/s1. The lowest BCUT2D eigenvalue weighted by atomic mass is 10.0. The molecule has 0 radical (unpaired) electrons. The number of hydrogen-bond donors (Lipinski definition) is 0. The first-order valence-electron chi connectivity index (χ1n) is 5.83. The Labute approximate surface area is 121 Å². The molecule has 102 valence electrons. The summed E-state index contributed by atoms with van der Waals surface area (Å²) in [7, 11) is 1.87. The number of rotatable bonds is 2. The van der Waals surface area contributed by atoms with Crippen LogP contribution in [-0.2, 0) is 0 Å². The average molecular weight is 298 g/mol. The Hall–Kier alpha value is -1.14. The molecule has 6 heteroatoms. The van der Waals surface area contributed by atoms with Crippen molar-refractivity contribution in [3.05, 3.63) is 40.9 Å². The first-order valence-corrected chi connectivity index (χ1v) is 7.12. The summed E-state index contributed by atoms with van der Waals surface area (Å²) in [5.74, 6) is -0.403. The summed E-state index contributed by atoms with van der Waals surface area (Å²) in [5.41, 5.74) is -0.111. The third-order valence-electron chi connectivity index (χ3n) is 3.36. The van der Waals surface area contributed by atoms with E-state index in [4.69, 9.17) is 12.2 Å². The van der Waals surface area contributed by atoms with Gasteiger partial charge < -0.3 is 10.1 Å². The Bertz CT molecular complexity index is 545. The maximum absolute atomic E-state index is 13.5. The van der Waals surface area contributed by atoms with E-state index in [2.05, 4.69) is 0 Å². The van der Waals surface area contributed by atoms with Gasteiger partial charge >= 0.3 is 0 Å². The van der Waals surface area contributed by atoms with Crippen molar-refractivity contribution in [1.29, 1.82) is 0 Å². The van der Waals surface area contributed by atoms with Gasteiger partial charge in [-0.1, -0.05) is 24.4 Å². The van der Waals surface area contributed by atoms with Crippen molar-refractivity contribution >= 4 is 34.5 Å². The molecule has 1 saturated heterocycles. The number of nitrogens with zero attached hydrogens (tertiary/aromatic N) is 2. The maximum atomic E-state index is 13.5. The zero-order chi connectivity index (χ0) is 14.2. The third kappa shape index (κ3) is 2.60. The molecule has 0 amide bonds. The second-order valence-electron chi connectivity index (χ2n) is 4.96. The van der Waals surface area contributed by atoms with Gasteiger partial charge in [0.05, 0.1) is 5.56 Å². The van der Waals surface area contributed by atoms with Crippen molar-refractivity contribution in [2.45, 2.75) is 24.8 Å². The molecule has 2 rings (SSSR count). The van der Waals surface area contributed by atoms with Crippen molar-refractivity contribution in [3.63, 3.8) is 0 Å². The van der Waals surface area contributed by atoms with Crippen LogP contribution in [0.5, 0.6) is 0 Å². The van der Waals surface area contributed by atoms with Gasteiger partial charge in [-0.2, -0.15) is 4.74 Å². The predicted octanol–water partition coefficient (Wildman–Crippen LogP) is 2.82. The summed E-state index contributed by atoms with van der Waals surface area (Å²) < 4.78 is 15.0. The molecular formula is C13H15FN2OS2. The number of benzene rings is 1. The van der Waals surface area contributed by atoms with E-state index in [9.17, 15) is 9.60 Å². The monoisotopic (exact) mass is 298 g/mol. The van der Waals surface area contributed by atoms with Crippen LogP contribution in [-0.4, -0.2) is 38.1 Å². The lowest BCUT2D eigenvalue weighted by molar-refractivity contribution is -0.480. The third-order valence-corrected chi connectivity index (χ3v) is 5.40. The molecule has 1 aliphatic rings. The van der Waals surface area contributed by atoms with Crippen LogP contribution >= 0.6 is 24.0 Å². The largest absolute Gasteiger partial charge is 0.623 e. The molecule has 19 heavy (non-hydrogen) atoms. The maximum Gasteiger partial charge on any atom is 0.238 e. The zero-order valence-electron chi connectivity index (χ0n) is 11.0. The van der Waals surface area contributed by atoms with Gasteiger partial charge in [0.1, 0.15) is 15.7 Å². The fraction of sp³-hybridized carbons (Fsp3) is 0.385. The number of thiocarbonyl (C=S) groups is 1. The van der Waals surface area contributed by atoms with Gasteiger partial charge in [0.2, 0.25) is 5.37 Å². The SMILES string of the molecule is CN1C(=S)S[C@@H]([N+]([O-])=Cc2ccccc2F)C1(C)C. The van der Waals surface area contributed by atoms with E-state index in [1.807, 2.05) is 25.8 Å². The molecule has 0 N–H and O–H groups in total. The number of thioether (sulfide) groups is 1. The number of hydrogen-bond acceptors (Lipinski definition) is 3. The molecule has 0 aliphatic carbocycles. The van der Waals surface area contributed by atoms with Gasteiger partial charge in [0.25, 0.3) is 0 Å². The minimum atomic E-state index is -0.403. The van der Waals surface area contributed by atoms with E-state index in [1.54, 1.807) is 18.2 Å². The molecule has 1 aromatic rings. The normalized spacial score (nSPS) is 22.9. The van der Waals surface area contributed by atoms with Crippen molar-refractivity contribution in [2.75, 3.05) is 7.05 Å². The summed E-state index contributed by atoms with van der Waals surface area (Å²) in [6.07, 6.45) is 1.29. The molecule has 1 heterocycles. The summed E-state index contributed by atoms with van der Waals surface area (Å²) in [5, 5.41) is 11.9. The van der Waals surface area contributed by atoms with Crippen LogP contribution in [0.3, 0.4) is 0 Å². The van der Waals surface area contributed by atoms with E-state index >= 15 is 0 Å². The van der Waals surface area contributed by atoms with Crippen molar-refractivity contribution in [1.82, 2.24) is 4.90 Å². The Morgan fingerprint density at radius 1 is 1.47 bits per heavy atom. The summed E-state index contributed by atoms with van der Waals surface area (Å²) in [4.78, 5) is 1.90. The van der Waals surface area contributed by atoms with Gasteiger partial charge in [-0.05, 0) is 37.7 Å². The smallest absolute Gasteiger partial charge is 0.238 e. The first-order chi connectivity index (χ1) is 8.84. The van der Waals surface area contributed by atoms with Crippen molar-refractivity contribution in [3.8, 4) is 0 Å². The lowest BCUT2D eigenvalue weighted by Crippen LogP contribution is -2.47. The molecule has 1 aliphatic heterocycles. The van der Waals surface area contributed by atoms with Gasteiger partial charge in [-0.3, -0.25) is 0 Å². The number of hydroxylamine groups is 1. The second-order valence-corrected chi connectivity index (χ2v) is 6.67. The highest BCUT2D eigenvalue weighted by molar-refractivity contribution is 8.23. The van der Waals surface area contributed by atoms with Crippen molar-refractivity contribution in [2.24, 2.45) is 0 Å². The highest BCUT2D eigenvalue weighted by Gasteiger charge is 2.48. The topological polar surface area (TPSA) is 29.3 Å². The first kappa shape index (κ1) is 14.3.